The predicted octanol–water partition coefficient (Wildman–Crippen LogP) is 0.118. The molecule has 0 unspecified atom stereocenters. The van der Waals surface area contributed by atoms with Crippen LogP contribution < -0.4 is 0 Å². The number of ether oxygens (including phenoxy) is 1. The van der Waals surface area contributed by atoms with Gasteiger partial charge in [-0.2, -0.15) is 0 Å². The molecule has 2 N–H and O–H groups in total. The van der Waals surface area contributed by atoms with Crippen molar-refractivity contribution in [2.45, 2.75) is 12.8 Å². The third kappa shape index (κ3) is 2.40. The quantitative estimate of drug-likeness (QED) is 0.609. The molecule has 0 saturated carbocycles. The lowest BCUT2D eigenvalue weighted by atomic mass is 10.1. The molecule has 1 rings (SSSR count). The molecule has 0 saturated heterocycles. The van der Waals surface area contributed by atoms with E-state index in [9.17, 15) is 4.79 Å². The van der Waals surface area contributed by atoms with Crippen molar-refractivity contribution < 1.29 is 19.7 Å². The first-order valence-corrected chi connectivity index (χ1v) is 4.08. The number of hydrogen-bond acceptors (Lipinski definition) is 4. The van der Waals surface area contributed by atoms with Crippen molar-refractivity contribution in [1.29, 1.82) is 0 Å². The Kier molecular flexibility index (Phi) is 3.67. The number of hydrogen-bond donors (Lipinski definition) is 2. The van der Waals surface area contributed by atoms with E-state index >= 15 is 0 Å². The molecule has 4 heteroatoms. The molecule has 1 aliphatic heterocycles. The van der Waals surface area contributed by atoms with Gasteiger partial charge in [-0.25, -0.2) is 0 Å². The fourth-order valence-electron chi connectivity index (χ4n) is 1.11. The number of aliphatic hydroxyl groups is 2. The van der Waals surface area contributed by atoms with Crippen LogP contribution in [0.25, 0.3) is 0 Å². The average Bonchev–Trinajstić information content (AvgIpc) is 2.59. The molecule has 1 aliphatic rings. The molecule has 0 aromatic rings. The van der Waals surface area contributed by atoms with Gasteiger partial charge < -0.3 is 14.9 Å². The maximum Gasteiger partial charge on any atom is 0.166 e. The van der Waals surface area contributed by atoms with E-state index in [4.69, 9.17) is 14.9 Å². The number of ketones is 1. The lowest BCUT2D eigenvalue weighted by Gasteiger charge is -2.05. The average molecular weight is 184 g/mol. The first-order chi connectivity index (χ1) is 6.29. The van der Waals surface area contributed by atoms with Gasteiger partial charge in [0.2, 0.25) is 0 Å². The van der Waals surface area contributed by atoms with E-state index in [2.05, 4.69) is 0 Å². The Morgan fingerprint density at radius 3 is 2.77 bits per heavy atom. The summed E-state index contributed by atoms with van der Waals surface area (Å²) in [7, 11) is 0. The van der Waals surface area contributed by atoms with Gasteiger partial charge in [0, 0.05) is 12.8 Å². The molecule has 72 valence electrons. The van der Waals surface area contributed by atoms with Crippen molar-refractivity contribution in [2.75, 3.05) is 13.2 Å². The second-order valence-corrected chi connectivity index (χ2v) is 2.65. The zero-order chi connectivity index (χ0) is 9.68. The minimum absolute atomic E-state index is 0.0305. The summed E-state index contributed by atoms with van der Waals surface area (Å²) in [6, 6.07) is 0. The van der Waals surface area contributed by atoms with Crippen LogP contribution >= 0.6 is 0 Å². The topological polar surface area (TPSA) is 66.8 Å². The predicted molar refractivity (Wildman–Crippen MR) is 45.7 cm³/mol. The highest BCUT2D eigenvalue weighted by Gasteiger charge is 2.16. The lowest BCUT2D eigenvalue weighted by Crippen LogP contribution is -2.11. The van der Waals surface area contributed by atoms with Crippen molar-refractivity contribution in [1.82, 2.24) is 0 Å². The van der Waals surface area contributed by atoms with Crippen LogP contribution in [0.15, 0.2) is 23.7 Å². The second-order valence-electron chi connectivity index (χ2n) is 2.65. The summed E-state index contributed by atoms with van der Waals surface area (Å²) in [5, 5.41) is 17.5. The van der Waals surface area contributed by atoms with Gasteiger partial charge in [0.1, 0.15) is 5.76 Å². The number of aliphatic hydroxyl groups excluding tert-OH is 2. The summed E-state index contributed by atoms with van der Waals surface area (Å²) >= 11 is 0. The van der Waals surface area contributed by atoms with Crippen LogP contribution in [0.4, 0.5) is 0 Å². The standard InChI is InChI=1S/C9H12O4/c10-4-3-8(12)7(6-11)9-2-1-5-13-9/h1,5,10-11H,2-4,6H2. The third-order valence-corrected chi connectivity index (χ3v) is 1.78. The summed E-state index contributed by atoms with van der Waals surface area (Å²) in [6.45, 7) is -0.543. The minimum Gasteiger partial charge on any atom is -0.469 e. The molecule has 13 heavy (non-hydrogen) atoms. The number of Topliss-reactive ketones (excluding diaryl/α,β-unsaturated/α-hetero) is 1. The van der Waals surface area contributed by atoms with E-state index < -0.39 is 0 Å². The molecule has 0 amide bonds. The van der Waals surface area contributed by atoms with Gasteiger partial charge in [0.15, 0.2) is 5.78 Å². The van der Waals surface area contributed by atoms with E-state index in [1.807, 2.05) is 0 Å². The fraction of sp³-hybridized carbons (Fsp3) is 0.444. The Balaban J connectivity index is 2.71. The highest BCUT2D eigenvalue weighted by molar-refractivity contribution is 5.96. The van der Waals surface area contributed by atoms with Crippen LogP contribution in [-0.2, 0) is 9.53 Å². The van der Waals surface area contributed by atoms with Crippen molar-refractivity contribution in [2.24, 2.45) is 0 Å². The Morgan fingerprint density at radius 2 is 2.31 bits per heavy atom. The Labute approximate surface area is 76.1 Å². The summed E-state index contributed by atoms with van der Waals surface area (Å²) in [5.41, 5.74) is 0.263. The summed E-state index contributed by atoms with van der Waals surface area (Å²) in [4.78, 5) is 11.3. The molecule has 0 bridgehead atoms. The van der Waals surface area contributed by atoms with Crippen LogP contribution in [0.3, 0.4) is 0 Å². The van der Waals surface area contributed by atoms with Gasteiger partial charge in [-0.05, 0) is 6.08 Å². The highest BCUT2D eigenvalue weighted by Crippen LogP contribution is 2.18. The SMILES string of the molecule is O=C(CCO)C(CO)=C1CC=CO1. The zero-order valence-corrected chi connectivity index (χ0v) is 7.19. The van der Waals surface area contributed by atoms with E-state index in [1.165, 1.54) is 6.26 Å². The molecule has 0 aliphatic carbocycles. The second kappa shape index (κ2) is 4.79. The van der Waals surface area contributed by atoms with Gasteiger partial charge in [-0.3, -0.25) is 4.79 Å². The fourth-order valence-corrected chi connectivity index (χ4v) is 1.11. The first-order valence-electron chi connectivity index (χ1n) is 4.08. The molecule has 0 fully saturated rings. The summed E-state index contributed by atoms with van der Waals surface area (Å²) in [5.74, 6) is 0.227. The Morgan fingerprint density at radius 1 is 1.54 bits per heavy atom. The number of rotatable bonds is 4. The molecule has 0 radical (unpaired) electrons. The maximum atomic E-state index is 11.3. The molecule has 0 aromatic heterocycles. The summed E-state index contributed by atoms with van der Waals surface area (Å²) < 4.78 is 5.01. The van der Waals surface area contributed by atoms with E-state index in [-0.39, 0.29) is 31.0 Å². The lowest BCUT2D eigenvalue weighted by molar-refractivity contribution is -0.116. The molecule has 0 aromatic carbocycles. The van der Waals surface area contributed by atoms with Gasteiger partial charge >= 0.3 is 0 Å². The van der Waals surface area contributed by atoms with E-state index in [0.717, 1.165) is 0 Å². The van der Waals surface area contributed by atoms with E-state index in [1.54, 1.807) is 6.08 Å². The molecule has 0 spiro atoms. The zero-order valence-electron chi connectivity index (χ0n) is 7.19. The molecular formula is C9H12O4. The van der Waals surface area contributed by atoms with Crippen molar-refractivity contribution in [3.63, 3.8) is 0 Å². The normalized spacial score (nSPS) is 18.6. The van der Waals surface area contributed by atoms with Crippen molar-refractivity contribution in [3.05, 3.63) is 23.7 Å². The summed E-state index contributed by atoms with van der Waals surface area (Å²) in [6.07, 6.45) is 3.81. The smallest absolute Gasteiger partial charge is 0.166 e. The van der Waals surface area contributed by atoms with Gasteiger partial charge in [0.25, 0.3) is 0 Å². The largest absolute Gasteiger partial charge is 0.469 e. The molecule has 1 heterocycles. The van der Waals surface area contributed by atoms with Crippen LogP contribution in [0.1, 0.15) is 12.8 Å². The Bertz CT molecular complexity index is 242. The number of carbonyl (C=O) groups is 1. The van der Waals surface area contributed by atoms with Crippen LogP contribution in [-0.4, -0.2) is 29.2 Å². The first kappa shape index (κ1) is 9.95. The number of allylic oxidation sites excluding steroid dienone is 1. The maximum absolute atomic E-state index is 11.3. The Hall–Kier alpha value is -1.13. The van der Waals surface area contributed by atoms with E-state index in [0.29, 0.717) is 12.2 Å². The monoisotopic (exact) mass is 184 g/mol. The van der Waals surface area contributed by atoms with Crippen LogP contribution in [0.2, 0.25) is 0 Å². The third-order valence-electron chi connectivity index (χ3n) is 1.78. The molecular weight excluding hydrogens is 172 g/mol. The highest BCUT2D eigenvalue weighted by atomic mass is 16.5. The van der Waals surface area contributed by atoms with Crippen LogP contribution in [0, 0.1) is 0 Å². The minimum atomic E-state index is -0.337. The van der Waals surface area contributed by atoms with Gasteiger partial charge in [-0.1, -0.05) is 0 Å². The number of carbonyl (C=O) groups excluding carboxylic acids is 1. The van der Waals surface area contributed by atoms with Crippen LogP contribution in [0.5, 0.6) is 0 Å². The van der Waals surface area contributed by atoms with Gasteiger partial charge in [0.05, 0.1) is 25.0 Å². The molecule has 0 atom stereocenters. The van der Waals surface area contributed by atoms with Gasteiger partial charge in [-0.15, -0.1) is 0 Å². The molecule has 4 nitrogen and oxygen atoms in total. The van der Waals surface area contributed by atoms with Crippen molar-refractivity contribution >= 4 is 5.78 Å². The van der Waals surface area contributed by atoms with Crippen molar-refractivity contribution in [3.8, 4) is 0 Å².